The van der Waals surface area contributed by atoms with Crippen LogP contribution in [0.4, 0.5) is 15.8 Å². The van der Waals surface area contributed by atoms with Crippen LogP contribution in [0.3, 0.4) is 0 Å². The Morgan fingerprint density at radius 3 is 2.65 bits per heavy atom. The van der Waals surface area contributed by atoms with Crippen molar-refractivity contribution >= 4 is 28.6 Å². The van der Waals surface area contributed by atoms with Crippen molar-refractivity contribution in [3.63, 3.8) is 0 Å². The standard InChI is InChI=1S/C22H21FN4O3S/c23-17-8-2-1-7-16(17)20-15-31-22(24-18-9-3-4-10-19(18)27(29)30)26(20)14-6-13-25-12-5-11-21(25)28/h1-4,7-10,15H,5-6,11-14H2. The number of carbonyl (C=O) groups is 1. The van der Waals surface area contributed by atoms with Gasteiger partial charge in [0.2, 0.25) is 5.91 Å². The number of amides is 1. The zero-order valence-electron chi connectivity index (χ0n) is 16.7. The Hall–Kier alpha value is -3.33. The Balaban J connectivity index is 1.72. The second kappa shape index (κ2) is 9.22. The third-order valence-corrected chi connectivity index (χ3v) is 6.09. The van der Waals surface area contributed by atoms with Gasteiger partial charge in [-0.3, -0.25) is 14.9 Å². The van der Waals surface area contributed by atoms with Gasteiger partial charge >= 0.3 is 0 Å². The van der Waals surface area contributed by atoms with E-state index >= 15 is 0 Å². The minimum absolute atomic E-state index is 0.0856. The van der Waals surface area contributed by atoms with E-state index < -0.39 is 4.92 Å². The second-order valence-corrected chi connectivity index (χ2v) is 8.07. The molecule has 9 heteroatoms. The highest BCUT2D eigenvalue weighted by molar-refractivity contribution is 7.07. The van der Waals surface area contributed by atoms with Crippen LogP contribution in [-0.4, -0.2) is 33.4 Å². The van der Waals surface area contributed by atoms with Gasteiger partial charge in [0.15, 0.2) is 4.80 Å². The molecular weight excluding hydrogens is 419 g/mol. The molecule has 0 aliphatic carbocycles. The first-order valence-electron chi connectivity index (χ1n) is 10.0. The van der Waals surface area contributed by atoms with Crippen molar-refractivity contribution in [3.8, 4) is 11.3 Å². The lowest BCUT2D eigenvalue weighted by molar-refractivity contribution is -0.384. The number of hydrogen-bond donors (Lipinski definition) is 0. The molecule has 0 radical (unpaired) electrons. The molecule has 160 valence electrons. The van der Waals surface area contributed by atoms with E-state index in [4.69, 9.17) is 0 Å². The lowest BCUT2D eigenvalue weighted by Gasteiger charge is -2.16. The molecule has 0 bridgehead atoms. The maximum Gasteiger partial charge on any atom is 0.294 e. The van der Waals surface area contributed by atoms with Crippen LogP contribution in [0.1, 0.15) is 19.3 Å². The van der Waals surface area contributed by atoms with Crippen molar-refractivity contribution < 1.29 is 14.1 Å². The Morgan fingerprint density at radius 1 is 1.13 bits per heavy atom. The van der Waals surface area contributed by atoms with E-state index in [0.29, 0.717) is 42.0 Å². The number of nitrogens with zero attached hydrogens (tertiary/aromatic N) is 4. The summed E-state index contributed by atoms with van der Waals surface area (Å²) in [6.45, 7) is 1.89. The molecule has 1 amide bonds. The van der Waals surface area contributed by atoms with Crippen LogP contribution < -0.4 is 4.80 Å². The van der Waals surface area contributed by atoms with Gasteiger partial charge in [0.25, 0.3) is 5.69 Å². The van der Waals surface area contributed by atoms with Crippen molar-refractivity contribution in [1.29, 1.82) is 0 Å². The summed E-state index contributed by atoms with van der Waals surface area (Å²) < 4.78 is 16.4. The fourth-order valence-corrected chi connectivity index (χ4v) is 4.63. The molecule has 1 aliphatic rings. The van der Waals surface area contributed by atoms with E-state index in [0.717, 1.165) is 13.0 Å². The predicted molar refractivity (Wildman–Crippen MR) is 116 cm³/mol. The van der Waals surface area contributed by atoms with Crippen molar-refractivity contribution in [2.75, 3.05) is 13.1 Å². The van der Waals surface area contributed by atoms with Crippen molar-refractivity contribution in [2.45, 2.75) is 25.8 Å². The molecule has 2 heterocycles. The summed E-state index contributed by atoms with van der Waals surface area (Å²) in [7, 11) is 0. The predicted octanol–water partition coefficient (Wildman–Crippen LogP) is 4.51. The first kappa shape index (κ1) is 20.9. The lowest BCUT2D eigenvalue weighted by Crippen LogP contribution is -2.27. The summed E-state index contributed by atoms with van der Waals surface area (Å²) in [6, 6.07) is 12.8. The second-order valence-electron chi connectivity index (χ2n) is 7.23. The molecule has 0 saturated carbocycles. The minimum Gasteiger partial charge on any atom is -0.343 e. The fraction of sp³-hybridized carbons (Fsp3) is 0.273. The van der Waals surface area contributed by atoms with E-state index in [1.807, 2.05) is 14.8 Å². The monoisotopic (exact) mass is 440 g/mol. The summed E-state index contributed by atoms with van der Waals surface area (Å²) in [6.07, 6.45) is 2.14. The first-order chi connectivity index (χ1) is 15.0. The van der Waals surface area contributed by atoms with E-state index in [9.17, 15) is 19.3 Å². The van der Waals surface area contributed by atoms with Gasteiger partial charge in [0, 0.05) is 43.1 Å². The number of likely N-dealkylation sites (tertiary alicyclic amines) is 1. The molecule has 4 rings (SSSR count). The molecule has 7 nitrogen and oxygen atoms in total. The highest BCUT2D eigenvalue weighted by atomic mass is 32.1. The zero-order valence-corrected chi connectivity index (χ0v) is 17.6. The molecule has 0 N–H and O–H groups in total. The molecule has 0 atom stereocenters. The summed E-state index contributed by atoms with van der Waals surface area (Å²) in [4.78, 5) is 29.7. The van der Waals surface area contributed by atoms with Gasteiger partial charge in [-0.1, -0.05) is 24.3 Å². The Labute approximate surface area is 182 Å². The molecule has 1 fully saturated rings. The molecule has 1 aliphatic heterocycles. The minimum atomic E-state index is -0.465. The van der Waals surface area contributed by atoms with Gasteiger partial charge in [-0.15, -0.1) is 11.3 Å². The maximum absolute atomic E-state index is 14.5. The molecule has 3 aromatic rings. The molecule has 2 aromatic carbocycles. The quantitative estimate of drug-likeness (QED) is 0.400. The maximum atomic E-state index is 14.5. The molecular formula is C22H21FN4O3S. The molecule has 1 saturated heterocycles. The number of halogens is 1. The van der Waals surface area contributed by atoms with Crippen molar-refractivity contribution in [2.24, 2.45) is 4.99 Å². The van der Waals surface area contributed by atoms with E-state index in [1.165, 1.54) is 23.5 Å². The Kier molecular flexibility index (Phi) is 6.22. The average Bonchev–Trinajstić information content (AvgIpc) is 3.35. The van der Waals surface area contributed by atoms with Crippen LogP contribution >= 0.6 is 11.3 Å². The van der Waals surface area contributed by atoms with Gasteiger partial charge in [-0.05, 0) is 31.0 Å². The zero-order chi connectivity index (χ0) is 21.8. The number of para-hydroxylation sites is 2. The average molecular weight is 441 g/mol. The van der Waals surface area contributed by atoms with Gasteiger partial charge in [-0.2, -0.15) is 0 Å². The number of rotatable bonds is 7. The smallest absolute Gasteiger partial charge is 0.294 e. The summed E-state index contributed by atoms with van der Waals surface area (Å²) in [5.41, 5.74) is 1.27. The number of benzene rings is 2. The van der Waals surface area contributed by atoms with Crippen LogP contribution in [0.2, 0.25) is 0 Å². The topological polar surface area (TPSA) is 80.7 Å². The number of nitro benzene ring substituents is 1. The highest BCUT2D eigenvalue weighted by Gasteiger charge is 2.20. The number of thiazole rings is 1. The molecule has 0 unspecified atom stereocenters. The highest BCUT2D eigenvalue weighted by Crippen LogP contribution is 2.27. The van der Waals surface area contributed by atoms with Crippen LogP contribution in [0.25, 0.3) is 11.3 Å². The largest absolute Gasteiger partial charge is 0.343 e. The van der Waals surface area contributed by atoms with Crippen LogP contribution in [-0.2, 0) is 11.3 Å². The van der Waals surface area contributed by atoms with Crippen molar-refractivity contribution in [1.82, 2.24) is 9.47 Å². The van der Waals surface area contributed by atoms with E-state index in [1.54, 1.807) is 36.4 Å². The number of aromatic nitrogens is 1. The molecule has 0 spiro atoms. The third kappa shape index (κ3) is 4.56. The van der Waals surface area contributed by atoms with E-state index in [2.05, 4.69) is 4.99 Å². The fourth-order valence-electron chi connectivity index (χ4n) is 3.70. The van der Waals surface area contributed by atoms with Gasteiger partial charge in [0.1, 0.15) is 11.5 Å². The van der Waals surface area contributed by atoms with Gasteiger partial charge in [-0.25, -0.2) is 9.38 Å². The van der Waals surface area contributed by atoms with Gasteiger partial charge in [0.05, 0.1) is 10.6 Å². The normalized spacial score (nSPS) is 14.4. The lowest BCUT2D eigenvalue weighted by atomic mass is 10.1. The Morgan fingerprint density at radius 2 is 1.90 bits per heavy atom. The third-order valence-electron chi connectivity index (χ3n) is 5.22. The van der Waals surface area contributed by atoms with Gasteiger partial charge < -0.3 is 9.47 Å². The number of nitro groups is 1. The van der Waals surface area contributed by atoms with Crippen LogP contribution in [0.15, 0.2) is 58.9 Å². The number of carbonyl (C=O) groups excluding carboxylic acids is 1. The number of hydrogen-bond acceptors (Lipinski definition) is 5. The first-order valence-corrected chi connectivity index (χ1v) is 10.9. The summed E-state index contributed by atoms with van der Waals surface area (Å²) in [5, 5.41) is 13.2. The van der Waals surface area contributed by atoms with Crippen LogP contribution in [0, 0.1) is 15.9 Å². The van der Waals surface area contributed by atoms with Crippen LogP contribution in [0.5, 0.6) is 0 Å². The Bertz CT molecular complexity index is 1190. The van der Waals surface area contributed by atoms with Crippen molar-refractivity contribution in [3.05, 3.63) is 74.6 Å². The summed E-state index contributed by atoms with van der Waals surface area (Å²) >= 11 is 1.30. The molecule has 31 heavy (non-hydrogen) atoms. The SMILES string of the molecule is O=C1CCCN1CCCn1c(-c2ccccc2F)csc1=Nc1ccccc1[N+](=O)[O-]. The van der Waals surface area contributed by atoms with E-state index in [-0.39, 0.29) is 23.1 Å². The molecule has 1 aromatic heterocycles. The summed E-state index contributed by atoms with van der Waals surface area (Å²) in [5.74, 6) is -0.185.